The summed E-state index contributed by atoms with van der Waals surface area (Å²) in [4.78, 5) is 0.264. The van der Waals surface area contributed by atoms with Crippen molar-refractivity contribution in [1.29, 1.82) is 0 Å². The molecule has 0 aliphatic carbocycles. The fourth-order valence-electron chi connectivity index (χ4n) is 4.85. The van der Waals surface area contributed by atoms with Crippen molar-refractivity contribution >= 4 is 37.7 Å². The first-order valence-corrected chi connectivity index (χ1v) is 22.8. The van der Waals surface area contributed by atoms with Crippen molar-refractivity contribution in [3.63, 3.8) is 0 Å². The molecule has 0 saturated carbocycles. The van der Waals surface area contributed by atoms with E-state index in [1.54, 1.807) is 24.3 Å². The Balaban J connectivity index is 1.97. The SMILES string of the molecule is CCO[Si](CCCNS(=O)(=O)c1ccc(-c2ccc(S(=O)(=O)NCCC[Si](OCC)(OCC)OCC)cc2)cc1)(OCC)OCC. The average Bonchev–Trinajstić information content (AvgIpc) is 3.02. The molecule has 0 radical (unpaired) electrons. The van der Waals surface area contributed by atoms with Gasteiger partial charge in [-0.05, 0) is 89.8 Å². The van der Waals surface area contributed by atoms with E-state index in [2.05, 4.69) is 9.44 Å². The third-order valence-electron chi connectivity index (χ3n) is 6.75. The zero-order valence-corrected chi connectivity index (χ0v) is 31.6. The smallest absolute Gasteiger partial charge is 0.374 e. The van der Waals surface area contributed by atoms with E-state index in [0.29, 0.717) is 64.6 Å². The maximum absolute atomic E-state index is 12.9. The van der Waals surface area contributed by atoms with Crippen molar-refractivity contribution < 1.29 is 43.4 Å². The molecule has 16 heteroatoms. The van der Waals surface area contributed by atoms with Crippen LogP contribution in [-0.4, -0.2) is 87.2 Å². The molecule has 12 nitrogen and oxygen atoms in total. The number of benzene rings is 2. The van der Waals surface area contributed by atoms with E-state index >= 15 is 0 Å². The lowest BCUT2D eigenvalue weighted by molar-refractivity contribution is 0.0701. The Bertz CT molecular complexity index is 1220. The van der Waals surface area contributed by atoms with Crippen LogP contribution in [0.25, 0.3) is 11.1 Å². The van der Waals surface area contributed by atoms with E-state index in [0.717, 1.165) is 11.1 Å². The molecule has 0 aliphatic heterocycles. The topological polar surface area (TPSA) is 148 Å². The van der Waals surface area contributed by atoms with Gasteiger partial charge < -0.3 is 26.6 Å². The Morgan fingerprint density at radius 1 is 0.478 bits per heavy atom. The number of rotatable bonds is 25. The molecule has 0 saturated heterocycles. The Labute approximate surface area is 278 Å². The number of hydrogen-bond donors (Lipinski definition) is 2. The quantitative estimate of drug-likeness (QED) is 0.108. The summed E-state index contributed by atoms with van der Waals surface area (Å²) in [6.07, 6.45) is 1.01. The van der Waals surface area contributed by atoms with Crippen molar-refractivity contribution in [2.45, 2.75) is 76.3 Å². The van der Waals surface area contributed by atoms with Gasteiger partial charge >= 0.3 is 17.6 Å². The second kappa shape index (κ2) is 20.1. The first-order valence-electron chi connectivity index (χ1n) is 16.0. The number of hydrogen-bond acceptors (Lipinski definition) is 10. The molecule has 0 bridgehead atoms. The van der Waals surface area contributed by atoms with E-state index in [9.17, 15) is 16.8 Å². The van der Waals surface area contributed by atoms with Crippen molar-refractivity contribution in [2.24, 2.45) is 0 Å². The van der Waals surface area contributed by atoms with Crippen LogP contribution < -0.4 is 9.44 Å². The minimum absolute atomic E-state index is 0.132. The highest BCUT2D eigenvalue weighted by atomic mass is 32.2. The summed E-state index contributed by atoms with van der Waals surface area (Å²) in [7, 11) is -13.2. The zero-order valence-electron chi connectivity index (χ0n) is 28.0. The van der Waals surface area contributed by atoms with Crippen LogP contribution in [0.4, 0.5) is 0 Å². The van der Waals surface area contributed by atoms with E-state index < -0.39 is 37.7 Å². The fraction of sp³-hybridized carbons (Fsp3) is 0.600. The van der Waals surface area contributed by atoms with Gasteiger partial charge in [0, 0.05) is 64.8 Å². The molecular formula is C30H52N2O10S2Si2. The Morgan fingerprint density at radius 3 is 0.978 bits per heavy atom. The maximum atomic E-state index is 12.9. The molecular weight excluding hydrogens is 669 g/mol. The van der Waals surface area contributed by atoms with Crippen LogP contribution in [0.1, 0.15) is 54.4 Å². The van der Waals surface area contributed by atoms with Crippen molar-refractivity contribution in [3.05, 3.63) is 48.5 Å². The molecule has 0 fully saturated rings. The van der Waals surface area contributed by atoms with Crippen LogP contribution in [0.15, 0.2) is 58.3 Å². The lowest BCUT2D eigenvalue weighted by atomic mass is 10.1. The molecule has 2 aromatic carbocycles. The molecule has 0 spiro atoms. The average molecular weight is 721 g/mol. The van der Waals surface area contributed by atoms with E-state index in [4.69, 9.17) is 26.6 Å². The molecule has 0 atom stereocenters. The summed E-state index contributed by atoms with van der Waals surface area (Å²) in [5.74, 6) is 0. The van der Waals surface area contributed by atoms with Crippen LogP contribution in [0.5, 0.6) is 0 Å². The predicted octanol–water partition coefficient (Wildman–Crippen LogP) is 4.79. The van der Waals surface area contributed by atoms with Crippen LogP contribution in [-0.2, 0) is 46.6 Å². The third kappa shape index (κ3) is 12.5. The Kier molecular flexibility index (Phi) is 17.7. The normalized spacial score (nSPS) is 12.9. The molecule has 0 unspecified atom stereocenters. The maximum Gasteiger partial charge on any atom is 0.500 e. The highest BCUT2D eigenvalue weighted by Gasteiger charge is 2.40. The van der Waals surface area contributed by atoms with E-state index in [1.165, 1.54) is 24.3 Å². The van der Waals surface area contributed by atoms with Gasteiger partial charge in [0.15, 0.2) is 0 Å². The zero-order chi connectivity index (χ0) is 34.1. The van der Waals surface area contributed by atoms with E-state index in [-0.39, 0.29) is 22.9 Å². The molecule has 2 aromatic rings. The van der Waals surface area contributed by atoms with Gasteiger partial charge in [0.1, 0.15) is 0 Å². The molecule has 2 rings (SSSR count). The second-order valence-electron chi connectivity index (χ2n) is 10.0. The van der Waals surface area contributed by atoms with Crippen LogP contribution in [0.3, 0.4) is 0 Å². The van der Waals surface area contributed by atoms with Gasteiger partial charge in [-0.1, -0.05) is 24.3 Å². The highest BCUT2D eigenvalue weighted by Crippen LogP contribution is 2.24. The van der Waals surface area contributed by atoms with Gasteiger partial charge in [0.25, 0.3) is 0 Å². The van der Waals surface area contributed by atoms with Crippen LogP contribution >= 0.6 is 0 Å². The summed E-state index contributed by atoms with van der Waals surface area (Å²) in [5, 5.41) is 0. The molecule has 46 heavy (non-hydrogen) atoms. The van der Waals surface area contributed by atoms with Crippen molar-refractivity contribution in [2.75, 3.05) is 52.7 Å². The number of sulfonamides is 2. The first-order chi connectivity index (χ1) is 22.0. The van der Waals surface area contributed by atoms with Crippen molar-refractivity contribution in [3.8, 4) is 11.1 Å². The minimum atomic E-state index is -3.74. The third-order valence-corrected chi connectivity index (χ3v) is 16.0. The van der Waals surface area contributed by atoms with Gasteiger partial charge in [0.05, 0.1) is 9.79 Å². The van der Waals surface area contributed by atoms with Crippen LogP contribution in [0.2, 0.25) is 12.1 Å². The van der Waals surface area contributed by atoms with Gasteiger partial charge in [-0.3, -0.25) is 0 Å². The van der Waals surface area contributed by atoms with Gasteiger partial charge in [0.2, 0.25) is 20.0 Å². The van der Waals surface area contributed by atoms with Gasteiger partial charge in [-0.25, -0.2) is 26.3 Å². The molecule has 0 amide bonds. The molecule has 262 valence electrons. The Hall–Kier alpha value is -1.55. The molecule has 0 heterocycles. The summed E-state index contributed by atoms with van der Waals surface area (Å²) in [6, 6.07) is 13.9. The largest absolute Gasteiger partial charge is 0.500 e. The predicted molar refractivity (Wildman–Crippen MR) is 182 cm³/mol. The van der Waals surface area contributed by atoms with Crippen molar-refractivity contribution in [1.82, 2.24) is 9.44 Å². The summed E-state index contributed by atoms with van der Waals surface area (Å²) in [5.41, 5.74) is 1.50. The lowest BCUT2D eigenvalue weighted by Crippen LogP contribution is -2.46. The summed E-state index contributed by atoms with van der Waals surface area (Å²) < 4.78 is 91.9. The summed E-state index contributed by atoms with van der Waals surface area (Å²) >= 11 is 0. The van der Waals surface area contributed by atoms with Gasteiger partial charge in [-0.2, -0.15) is 0 Å². The number of nitrogens with one attached hydrogen (secondary N) is 2. The Morgan fingerprint density at radius 2 is 0.739 bits per heavy atom. The summed E-state index contributed by atoms with van der Waals surface area (Å²) in [6.45, 7) is 14.5. The highest BCUT2D eigenvalue weighted by molar-refractivity contribution is 7.89. The molecule has 2 N–H and O–H groups in total. The molecule has 0 aliphatic rings. The molecule has 0 aromatic heterocycles. The minimum Gasteiger partial charge on any atom is -0.374 e. The monoisotopic (exact) mass is 720 g/mol. The first kappa shape index (κ1) is 40.6. The second-order valence-corrected chi connectivity index (χ2v) is 19.0. The lowest BCUT2D eigenvalue weighted by Gasteiger charge is -2.28. The van der Waals surface area contributed by atoms with Gasteiger partial charge in [-0.15, -0.1) is 0 Å². The fourth-order valence-corrected chi connectivity index (χ4v) is 12.2. The van der Waals surface area contributed by atoms with E-state index in [1.807, 2.05) is 41.5 Å². The van der Waals surface area contributed by atoms with Crippen LogP contribution in [0, 0.1) is 0 Å². The standard InChI is InChI=1S/C30H52N2O10S2Si2/c1-7-37-45(38-8-2,39-9-3)25-13-23-31-43(33,34)29-19-15-27(16-20-29)28-17-21-30(22-18-28)44(35,36)32-24-14-26-46(40-10-4,41-11-5)42-12-6/h15-22,31-32H,7-14,23-26H2,1-6H3.